The Hall–Kier alpha value is -3.14. The van der Waals surface area contributed by atoms with Crippen molar-refractivity contribution in [1.82, 2.24) is 9.97 Å². The minimum Gasteiger partial charge on any atom is -0.478 e. The predicted octanol–water partition coefficient (Wildman–Crippen LogP) is 4.08. The Kier molecular flexibility index (Phi) is 2.69. The number of hydrogen-bond donors (Lipinski definition) is 2. The van der Waals surface area contributed by atoms with Gasteiger partial charge in [-0.05, 0) is 35.0 Å². The summed E-state index contributed by atoms with van der Waals surface area (Å²) in [6, 6.07) is 19.2. The first-order valence-electron chi connectivity index (χ1n) is 6.93. The maximum atomic E-state index is 11.0. The number of carboxylic acid groups (broad SMARTS) is 1. The number of imidazole rings is 1. The highest BCUT2D eigenvalue weighted by Crippen LogP contribution is 2.25. The normalized spacial score (nSPS) is 11.1. The van der Waals surface area contributed by atoms with Gasteiger partial charge in [0.15, 0.2) is 0 Å². The number of carbonyl (C=O) groups is 1. The highest BCUT2D eigenvalue weighted by molar-refractivity contribution is 5.93. The van der Waals surface area contributed by atoms with Gasteiger partial charge in [-0.15, -0.1) is 0 Å². The summed E-state index contributed by atoms with van der Waals surface area (Å²) in [6.45, 7) is 0. The van der Waals surface area contributed by atoms with E-state index in [9.17, 15) is 4.79 Å². The number of rotatable bonds is 2. The quantitative estimate of drug-likeness (QED) is 0.584. The van der Waals surface area contributed by atoms with Gasteiger partial charge in [0.25, 0.3) is 0 Å². The van der Waals surface area contributed by atoms with Gasteiger partial charge in [0.1, 0.15) is 5.82 Å². The van der Waals surface area contributed by atoms with Gasteiger partial charge >= 0.3 is 5.97 Å². The predicted molar refractivity (Wildman–Crippen MR) is 86.0 cm³/mol. The molecule has 0 saturated heterocycles. The second-order valence-corrected chi connectivity index (χ2v) is 5.18. The summed E-state index contributed by atoms with van der Waals surface area (Å²) in [6.07, 6.45) is 0. The van der Waals surface area contributed by atoms with Crippen molar-refractivity contribution in [3.63, 3.8) is 0 Å². The molecule has 0 fully saturated rings. The van der Waals surface area contributed by atoms with Crippen LogP contribution >= 0.6 is 0 Å². The molecule has 0 spiro atoms. The van der Waals surface area contributed by atoms with E-state index < -0.39 is 5.97 Å². The molecule has 0 radical (unpaired) electrons. The van der Waals surface area contributed by atoms with Crippen molar-refractivity contribution in [2.24, 2.45) is 0 Å². The number of aromatic carboxylic acids is 1. The van der Waals surface area contributed by atoms with Crippen LogP contribution in [0, 0.1) is 0 Å². The molecule has 4 aromatic rings. The number of aromatic nitrogens is 2. The number of hydrogen-bond acceptors (Lipinski definition) is 2. The lowest BCUT2D eigenvalue weighted by atomic mass is 10.1. The molecule has 0 aliphatic heterocycles. The third-order valence-electron chi connectivity index (χ3n) is 3.75. The van der Waals surface area contributed by atoms with Crippen molar-refractivity contribution in [1.29, 1.82) is 0 Å². The van der Waals surface area contributed by atoms with E-state index in [2.05, 4.69) is 34.2 Å². The van der Waals surface area contributed by atoms with Crippen LogP contribution in [-0.4, -0.2) is 21.0 Å². The lowest BCUT2D eigenvalue weighted by Gasteiger charge is -2.00. The van der Waals surface area contributed by atoms with Gasteiger partial charge in [0.2, 0.25) is 0 Å². The molecule has 1 heterocycles. The van der Waals surface area contributed by atoms with Crippen molar-refractivity contribution < 1.29 is 9.90 Å². The van der Waals surface area contributed by atoms with Crippen LogP contribution in [0.2, 0.25) is 0 Å². The molecule has 0 bridgehead atoms. The van der Waals surface area contributed by atoms with Crippen molar-refractivity contribution in [2.75, 3.05) is 0 Å². The van der Waals surface area contributed by atoms with Crippen molar-refractivity contribution in [2.45, 2.75) is 0 Å². The molecule has 22 heavy (non-hydrogen) atoms. The second-order valence-electron chi connectivity index (χ2n) is 5.18. The highest BCUT2D eigenvalue weighted by atomic mass is 16.4. The van der Waals surface area contributed by atoms with E-state index in [0.29, 0.717) is 0 Å². The molecule has 4 nitrogen and oxygen atoms in total. The van der Waals surface area contributed by atoms with E-state index in [1.54, 1.807) is 18.2 Å². The van der Waals surface area contributed by atoms with Gasteiger partial charge < -0.3 is 10.1 Å². The lowest BCUT2D eigenvalue weighted by Crippen LogP contribution is -1.94. The number of aromatic amines is 1. The van der Waals surface area contributed by atoms with Crippen LogP contribution in [0.3, 0.4) is 0 Å². The molecule has 0 saturated carbocycles. The van der Waals surface area contributed by atoms with Gasteiger partial charge in [0.05, 0.1) is 16.6 Å². The zero-order valence-electron chi connectivity index (χ0n) is 11.6. The van der Waals surface area contributed by atoms with Gasteiger partial charge in [-0.2, -0.15) is 0 Å². The first kappa shape index (κ1) is 12.6. The Morgan fingerprint density at radius 1 is 0.955 bits per heavy atom. The molecule has 0 aliphatic carbocycles. The van der Waals surface area contributed by atoms with Crippen LogP contribution in [0.25, 0.3) is 33.2 Å². The first-order valence-corrected chi connectivity index (χ1v) is 6.93. The Morgan fingerprint density at radius 3 is 2.59 bits per heavy atom. The van der Waals surface area contributed by atoms with Gasteiger partial charge in [-0.1, -0.05) is 36.4 Å². The maximum absolute atomic E-state index is 11.0. The summed E-state index contributed by atoms with van der Waals surface area (Å²) in [5, 5.41) is 11.4. The molecule has 4 rings (SSSR count). The van der Waals surface area contributed by atoms with Crippen LogP contribution in [0.4, 0.5) is 0 Å². The SMILES string of the molecule is O=C(O)c1ccc2nc(-c3ccc4ccccc4c3)[nH]c2c1. The highest BCUT2D eigenvalue weighted by Gasteiger charge is 2.09. The fourth-order valence-corrected chi connectivity index (χ4v) is 2.62. The molecule has 1 aromatic heterocycles. The molecule has 2 N–H and O–H groups in total. The molecule has 106 valence electrons. The Labute approximate surface area is 126 Å². The van der Waals surface area contributed by atoms with Crippen molar-refractivity contribution in [3.8, 4) is 11.4 Å². The maximum Gasteiger partial charge on any atom is 0.335 e. The van der Waals surface area contributed by atoms with Crippen LogP contribution in [0.15, 0.2) is 60.7 Å². The Morgan fingerprint density at radius 2 is 1.77 bits per heavy atom. The third-order valence-corrected chi connectivity index (χ3v) is 3.75. The van der Waals surface area contributed by atoms with E-state index in [1.807, 2.05) is 18.2 Å². The average molecular weight is 288 g/mol. The summed E-state index contributed by atoms with van der Waals surface area (Å²) in [5.41, 5.74) is 2.71. The average Bonchev–Trinajstić information content (AvgIpc) is 2.97. The molecule has 3 aromatic carbocycles. The monoisotopic (exact) mass is 288 g/mol. The van der Waals surface area contributed by atoms with Crippen molar-refractivity contribution in [3.05, 3.63) is 66.2 Å². The number of benzene rings is 3. The van der Waals surface area contributed by atoms with Crippen LogP contribution < -0.4 is 0 Å². The van der Waals surface area contributed by atoms with Crippen LogP contribution in [0.1, 0.15) is 10.4 Å². The van der Waals surface area contributed by atoms with E-state index >= 15 is 0 Å². The van der Waals surface area contributed by atoms with Gasteiger partial charge in [-0.3, -0.25) is 0 Å². The standard InChI is InChI=1S/C18H12N2O2/c21-18(22)14-7-8-15-16(10-14)20-17(19-15)13-6-5-11-3-1-2-4-12(11)9-13/h1-10H,(H,19,20)(H,21,22). The number of H-pyrrole nitrogens is 1. The van der Waals surface area contributed by atoms with E-state index in [1.165, 1.54) is 5.39 Å². The molecule has 0 amide bonds. The molecule has 0 unspecified atom stereocenters. The fraction of sp³-hybridized carbons (Fsp3) is 0. The summed E-state index contributed by atoms with van der Waals surface area (Å²) in [4.78, 5) is 18.8. The largest absolute Gasteiger partial charge is 0.478 e. The van der Waals surface area contributed by atoms with E-state index in [0.717, 1.165) is 27.8 Å². The summed E-state index contributed by atoms with van der Waals surface area (Å²) in [5.74, 6) is -0.202. The number of nitrogens with one attached hydrogen (secondary N) is 1. The summed E-state index contributed by atoms with van der Waals surface area (Å²) < 4.78 is 0. The number of fused-ring (bicyclic) bond motifs is 2. The lowest BCUT2D eigenvalue weighted by molar-refractivity contribution is 0.0697. The zero-order valence-corrected chi connectivity index (χ0v) is 11.6. The second kappa shape index (κ2) is 4.70. The minimum absolute atomic E-state index is 0.251. The fourth-order valence-electron chi connectivity index (χ4n) is 2.62. The first-order chi connectivity index (χ1) is 10.7. The Bertz CT molecular complexity index is 1020. The third kappa shape index (κ3) is 2.02. The van der Waals surface area contributed by atoms with Crippen LogP contribution in [0.5, 0.6) is 0 Å². The van der Waals surface area contributed by atoms with Gasteiger partial charge in [0, 0.05) is 5.56 Å². The van der Waals surface area contributed by atoms with Crippen molar-refractivity contribution >= 4 is 27.8 Å². The minimum atomic E-state index is -0.941. The summed E-state index contributed by atoms with van der Waals surface area (Å²) >= 11 is 0. The molecule has 0 atom stereocenters. The molecule has 0 aliphatic rings. The smallest absolute Gasteiger partial charge is 0.335 e. The molecule has 4 heteroatoms. The Balaban J connectivity index is 1.86. The van der Waals surface area contributed by atoms with E-state index in [4.69, 9.17) is 5.11 Å². The topological polar surface area (TPSA) is 66.0 Å². The molecular formula is C18H12N2O2. The van der Waals surface area contributed by atoms with Gasteiger partial charge in [-0.25, -0.2) is 9.78 Å². The number of carboxylic acids is 1. The number of nitrogens with zero attached hydrogens (tertiary/aromatic N) is 1. The summed E-state index contributed by atoms with van der Waals surface area (Å²) in [7, 11) is 0. The van der Waals surface area contributed by atoms with Crippen LogP contribution in [-0.2, 0) is 0 Å². The molecular weight excluding hydrogens is 276 g/mol. The zero-order chi connectivity index (χ0) is 15.1. The van der Waals surface area contributed by atoms with E-state index in [-0.39, 0.29) is 5.56 Å².